The van der Waals surface area contributed by atoms with E-state index in [4.69, 9.17) is 0 Å². The summed E-state index contributed by atoms with van der Waals surface area (Å²) in [6.07, 6.45) is 2.76. The first-order valence-corrected chi connectivity index (χ1v) is 12.0. The van der Waals surface area contributed by atoms with E-state index in [2.05, 4.69) is 28.6 Å². The van der Waals surface area contributed by atoms with Crippen molar-refractivity contribution in [2.75, 3.05) is 31.5 Å². The van der Waals surface area contributed by atoms with E-state index in [9.17, 15) is 13.2 Å². The number of benzene rings is 1. The number of carbonyl (C=O) groups is 1. The van der Waals surface area contributed by atoms with Crippen LogP contribution in [0.4, 0.5) is 5.69 Å². The second kappa shape index (κ2) is 7.94. The Morgan fingerprint density at radius 2 is 2.00 bits per heavy atom. The molecule has 0 spiro atoms. The average Bonchev–Trinajstić information content (AvgIpc) is 3.36. The fourth-order valence-electron chi connectivity index (χ4n) is 3.97. The predicted octanol–water partition coefficient (Wildman–Crippen LogP) is 3.09. The van der Waals surface area contributed by atoms with Crippen LogP contribution in [0.25, 0.3) is 0 Å². The third-order valence-electron chi connectivity index (χ3n) is 5.57. The van der Waals surface area contributed by atoms with E-state index < -0.39 is 10.0 Å². The van der Waals surface area contributed by atoms with Crippen LogP contribution in [0.1, 0.15) is 36.2 Å². The van der Waals surface area contributed by atoms with Crippen LogP contribution in [0.3, 0.4) is 0 Å². The Morgan fingerprint density at radius 1 is 1.21 bits per heavy atom. The van der Waals surface area contributed by atoms with Gasteiger partial charge in [-0.25, -0.2) is 8.42 Å². The lowest BCUT2D eigenvalue weighted by molar-refractivity contribution is -0.117. The van der Waals surface area contributed by atoms with Gasteiger partial charge >= 0.3 is 0 Å². The molecule has 28 heavy (non-hydrogen) atoms. The lowest BCUT2D eigenvalue weighted by Gasteiger charge is -2.32. The Morgan fingerprint density at radius 3 is 2.79 bits per heavy atom. The number of sulfonamides is 1. The Balaban J connectivity index is 1.43. The third kappa shape index (κ3) is 3.87. The Hall–Kier alpha value is -1.74. The van der Waals surface area contributed by atoms with Gasteiger partial charge in [0.25, 0.3) is 0 Å². The number of carbonyl (C=O) groups excluding carboxylic acids is 1. The van der Waals surface area contributed by atoms with Crippen LogP contribution < -0.4 is 5.32 Å². The Kier molecular flexibility index (Phi) is 5.55. The zero-order chi connectivity index (χ0) is 19.7. The number of anilines is 1. The maximum Gasteiger partial charge on any atom is 0.243 e. The van der Waals surface area contributed by atoms with Crippen molar-refractivity contribution in [3.05, 3.63) is 46.2 Å². The van der Waals surface area contributed by atoms with E-state index in [1.165, 1.54) is 14.7 Å². The van der Waals surface area contributed by atoms with Crippen molar-refractivity contribution in [2.45, 2.75) is 37.1 Å². The molecule has 0 unspecified atom stereocenters. The molecule has 4 rings (SSSR count). The Bertz CT molecular complexity index is 965. The van der Waals surface area contributed by atoms with Crippen LogP contribution in [0, 0.1) is 0 Å². The van der Waals surface area contributed by atoms with Crippen LogP contribution in [-0.4, -0.2) is 49.7 Å². The summed E-state index contributed by atoms with van der Waals surface area (Å²) in [6.45, 7) is 4.40. The maximum atomic E-state index is 12.7. The summed E-state index contributed by atoms with van der Waals surface area (Å²) in [5.41, 5.74) is 1.83. The third-order valence-corrected chi connectivity index (χ3v) is 8.46. The van der Waals surface area contributed by atoms with Gasteiger partial charge in [-0.2, -0.15) is 4.31 Å². The molecule has 8 heteroatoms. The number of hydrogen-bond acceptors (Lipinski definition) is 5. The molecule has 2 aliphatic rings. The molecule has 1 amide bonds. The standard InChI is InChI=1S/C20H25N3O3S2/c1-15-18-8-12-27-19(18)7-11-22(15)14-20(24)21-16-5-4-6-17(13-16)28(25,26)23-9-2-3-10-23/h4-6,8,12-13,15H,2-3,7,9-11,14H2,1H3,(H,21,24)/t15-/m0/s1. The molecule has 3 heterocycles. The second-order valence-electron chi connectivity index (χ2n) is 7.38. The van der Waals surface area contributed by atoms with Gasteiger partial charge in [-0.1, -0.05) is 6.07 Å². The summed E-state index contributed by atoms with van der Waals surface area (Å²) >= 11 is 1.78. The van der Waals surface area contributed by atoms with E-state index in [0.717, 1.165) is 25.8 Å². The molecule has 1 atom stereocenters. The monoisotopic (exact) mass is 419 g/mol. The van der Waals surface area contributed by atoms with Crippen LogP contribution in [-0.2, 0) is 21.2 Å². The van der Waals surface area contributed by atoms with Gasteiger partial charge in [0.1, 0.15) is 0 Å². The van der Waals surface area contributed by atoms with Crippen molar-refractivity contribution in [1.29, 1.82) is 0 Å². The molecule has 2 aromatic rings. The maximum absolute atomic E-state index is 12.7. The van der Waals surface area contributed by atoms with Gasteiger partial charge in [-0.05, 0) is 61.4 Å². The van der Waals surface area contributed by atoms with E-state index in [1.807, 2.05) is 0 Å². The molecule has 1 aromatic heterocycles. The summed E-state index contributed by atoms with van der Waals surface area (Å²) < 4.78 is 27.0. The first-order chi connectivity index (χ1) is 13.4. The lowest BCUT2D eigenvalue weighted by atomic mass is 10.0. The van der Waals surface area contributed by atoms with Gasteiger partial charge in [0.05, 0.1) is 11.4 Å². The summed E-state index contributed by atoms with van der Waals surface area (Å²) in [5, 5.41) is 4.98. The number of nitrogens with one attached hydrogen (secondary N) is 1. The van der Waals surface area contributed by atoms with Crippen molar-refractivity contribution in [3.63, 3.8) is 0 Å². The minimum atomic E-state index is -3.49. The van der Waals surface area contributed by atoms with E-state index in [0.29, 0.717) is 25.3 Å². The zero-order valence-electron chi connectivity index (χ0n) is 15.9. The van der Waals surface area contributed by atoms with Gasteiger partial charge in [-0.3, -0.25) is 9.69 Å². The van der Waals surface area contributed by atoms with E-state index in [1.54, 1.807) is 35.6 Å². The normalized spacial score (nSPS) is 20.8. The fraction of sp³-hybridized carbons (Fsp3) is 0.450. The van der Waals surface area contributed by atoms with Gasteiger partial charge in [0.2, 0.25) is 15.9 Å². The quantitative estimate of drug-likeness (QED) is 0.809. The van der Waals surface area contributed by atoms with Gasteiger partial charge in [0.15, 0.2) is 0 Å². The first kappa shape index (κ1) is 19.6. The van der Waals surface area contributed by atoms with Crippen molar-refractivity contribution in [3.8, 4) is 0 Å². The molecule has 0 bridgehead atoms. The molecule has 1 saturated heterocycles. The second-order valence-corrected chi connectivity index (χ2v) is 10.3. The molecule has 0 radical (unpaired) electrons. The highest BCUT2D eigenvalue weighted by Crippen LogP contribution is 2.32. The van der Waals surface area contributed by atoms with Crippen LogP contribution in [0.5, 0.6) is 0 Å². The number of hydrogen-bond donors (Lipinski definition) is 1. The summed E-state index contributed by atoms with van der Waals surface area (Å²) in [5.74, 6) is -0.124. The largest absolute Gasteiger partial charge is 0.325 e. The molecule has 1 N–H and O–H groups in total. The SMILES string of the molecule is C[C@H]1c2ccsc2CCN1CC(=O)Nc1cccc(S(=O)(=O)N2CCCC2)c1. The molecule has 150 valence electrons. The highest BCUT2D eigenvalue weighted by Gasteiger charge is 2.28. The molecule has 1 aromatic carbocycles. The lowest BCUT2D eigenvalue weighted by Crippen LogP contribution is -2.39. The molecule has 0 saturated carbocycles. The first-order valence-electron chi connectivity index (χ1n) is 9.65. The molecule has 2 aliphatic heterocycles. The predicted molar refractivity (Wildman–Crippen MR) is 111 cm³/mol. The van der Waals surface area contributed by atoms with E-state index >= 15 is 0 Å². The number of thiophene rings is 1. The van der Waals surface area contributed by atoms with Crippen molar-refractivity contribution >= 4 is 33.0 Å². The molecular weight excluding hydrogens is 394 g/mol. The van der Waals surface area contributed by atoms with Crippen molar-refractivity contribution in [1.82, 2.24) is 9.21 Å². The van der Waals surface area contributed by atoms with Crippen LogP contribution in [0.15, 0.2) is 40.6 Å². The molecule has 1 fully saturated rings. The summed E-state index contributed by atoms with van der Waals surface area (Å²) in [4.78, 5) is 16.4. The van der Waals surface area contributed by atoms with Gasteiger partial charge in [0, 0.05) is 36.2 Å². The number of nitrogens with zero attached hydrogens (tertiary/aromatic N) is 2. The zero-order valence-corrected chi connectivity index (χ0v) is 17.6. The Labute approximate surface area is 170 Å². The molecular formula is C20H25N3O3S2. The van der Waals surface area contributed by atoms with E-state index in [-0.39, 0.29) is 16.8 Å². The molecule has 6 nitrogen and oxygen atoms in total. The van der Waals surface area contributed by atoms with Gasteiger partial charge < -0.3 is 5.32 Å². The topological polar surface area (TPSA) is 69.7 Å². The number of rotatable bonds is 5. The van der Waals surface area contributed by atoms with Crippen molar-refractivity contribution < 1.29 is 13.2 Å². The highest BCUT2D eigenvalue weighted by atomic mass is 32.2. The molecule has 0 aliphatic carbocycles. The fourth-order valence-corrected chi connectivity index (χ4v) is 6.50. The van der Waals surface area contributed by atoms with Gasteiger partial charge in [-0.15, -0.1) is 11.3 Å². The number of amides is 1. The minimum absolute atomic E-state index is 0.124. The highest BCUT2D eigenvalue weighted by molar-refractivity contribution is 7.89. The van der Waals surface area contributed by atoms with Crippen LogP contribution >= 0.6 is 11.3 Å². The average molecular weight is 420 g/mol. The summed E-state index contributed by atoms with van der Waals surface area (Å²) in [6, 6.07) is 8.91. The number of fused-ring (bicyclic) bond motifs is 1. The van der Waals surface area contributed by atoms with Crippen molar-refractivity contribution in [2.24, 2.45) is 0 Å². The smallest absolute Gasteiger partial charge is 0.243 e. The summed E-state index contributed by atoms with van der Waals surface area (Å²) in [7, 11) is -3.49. The minimum Gasteiger partial charge on any atom is -0.325 e. The van der Waals surface area contributed by atoms with Crippen LogP contribution in [0.2, 0.25) is 0 Å².